The number of carboxylic acids is 1. The summed E-state index contributed by atoms with van der Waals surface area (Å²) >= 11 is 0. The lowest BCUT2D eigenvalue weighted by molar-refractivity contribution is -0.143. The lowest BCUT2D eigenvalue weighted by Gasteiger charge is -2.27. The highest BCUT2D eigenvalue weighted by molar-refractivity contribution is 5.80. The predicted octanol–water partition coefficient (Wildman–Crippen LogP) is 1.13. The number of hydrogen-bond acceptors (Lipinski definition) is 3. The second kappa shape index (κ2) is 5.72. The molecule has 3 fully saturated rings. The number of carbonyl (C=O) groups excluding carboxylic acids is 1. The Morgan fingerprint density at radius 2 is 1.85 bits per heavy atom. The van der Waals surface area contributed by atoms with Gasteiger partial charge < -0.3 is 15.7 Å². The predicted molar refractivity (Wildman–Crippen MR) is 74.1 cm³/mol. The molecule has 3 unspecified atom stereocenters. The number of carboxylic acid groups (broad SMARTS) is 1. The monoisotopic (exact) mass is 280 g/mol. The van der Waals surface area contributed by atoms with Crippen molar-refractivity contribution in [2.45, 2.75) is 57.0 Å². The van der Waals surface area contributed by atoms with Crippen LogP contribution in [-0.4, -0.2) is 35.6 Å². The van der Waals surface area contributed by atoms with E-state index in [-0.39, 0.29) is 17.7 Å². The molecule has 0 aromatic heterocycles. The van der Waals surface area contributed by atoms with E-state index in [0.717, 1.165) is 45.1 Å². The topological polar surface area (TPSA) is 78.4 Å². The molecule has 1 saturated carbocycles. The van der Waals surface area contributed by atoms with Crippen LogP contribution < -0.4 is 10.6 Å². The van der Waals surface area contributed by atoms with Crippen molar-refractivity contribution >= 4 is 11.9 Å². The van der Waals surface area contributed by atoms with Gasteiger partial charge in [0.05, 0.1) is 11.8 Å². The molecule has 2 bridgehead atoms. The SMILES string of the molecule is O=C(O)C1CCC(CNC(=O)C2CC3CCC2N3)CC1. The van der Waals surface area contributed by atoms with Crippen molar-refractivity contribution in [1.29, 1.82) is 0 Å². The van der Waals surface area contributed by atoms with Gasteiger partial charge in [0, 0.05) is 18.6 Å². The zero-order valence-electron chi connectivity index (χ0n) is 11.8. The molecule has 20 heavy (non-hydrogen) atoms. The Balaban J connectivity index is 1.40. The van der Waals surface area contributed by atoms with Gasteiger partial charge in [0.2, 0.25) is 5.91 Å². The van der Waals surface area contributed by atoms with Crippen LogP contribution in [0.25, 0.3) is 0 Å². The van der Waals surface area contributed by atoms with E-state index in [9.17, 15) is 9.59 Å². The van der Waals surface area contributed by atoms with E-state index in [1.165, 1.54) is 6.42 Å². The van der Waals surface area contributed by atoms with Gasteiger partial charge in [-0.3, -0.25) is 9.59 Å². The maximum Gasteiger partial charge on any atom is 0.306 e. The quantitative estimate of drug-likeness (QED) is 0.721. The summed E-state index contributed by atoms with van der Waals surface area (Å²) in [6.45, 7) is 0.721. The summed E-state index contributed by atoms with van der Waals surface area (Å²) in [7, 11) is 0. The first-order valence-electron chi connectivity index (χ1n) is 7.90. The highest BCUT2D eigenvalue weighted by atomic mass is 16.4. The molecule has 3 rings (SSSR count). The van der Waals surface area contributed by atoms with Gasteiger partial charge in [-0.1, -0.05) is 0 Å². The molecule has 0 aromatic rings. The maximum atomic E-state index is 12.2. The minimum absolute atomic E-state index is 0.157. The van der Waals surface area contributed by atoms with Crippen LogP contribution in [0.4, 0.5) is 0 Å². The van der Waals surface area contributed by atoms with Crippen LogP contribution in [0.15, 0.2) is 0 Å². The van der Waals surface area contributed by atoms with Crippen LogP contribution in [0, 0.1) is 17.8 Å². The van der Waals surface area contributed by atoms with Crippen LogP contribution in [0.5, 0.6) is 0 Å². The van der Waals surface area contributed by atoms with E-state index in [4.69, 9.17) is 5.11 Å². The van der Waals surface area contributed by atoms with Crippen molar-refractivity contribution < 1.29 is 14.7 Å². The van der Waals surface area contributed by atoms with E-state index >= 15 is 0 Å². The molecule has 5 heteroatoms. The third kappa shape index (κ3) is 2.82. The van der Waals surface area contributed by atoms with Crippen molar-refractivity contribution in [3.8, 4) is 0 Å². The van der Waals surface area contributed by atoms with Gasteiger partial charge in [0.25, 0.3) is 0 Å². The molecule has 2 aliphatic heterocycles. The van der Waals surface area contributed by atoms with Gasteiger partial charge in [0.1, 0.15) is 0 Å². The Hall–Kier alpha value is -1.10. The molecule has 3 atom stereocenters. The number of amides is 1. The van der Waals surface area contributed by atoms with E-state index < -0.39 is 5.97 Å². The summed E-state index contributed by atoms with van der Waals surface area (Å²) in [5.41, 5.74) is 0. The van der Waals surface area contributed by atoms with Crippen LogP contribution in [0.1, 0.15) is 44.9 Å². The van der Waals surface area contributed by atoms with Crippen molar-refractivity contribution in [2.24, 2.45) is 17.8 Å². The summed E-state index contributed by atoms with van der Waals surface area (Å²) in [6.07, 6.45) is 6.69. The fraction of sp³-hybridized carbons (Fsp3) is 0.867. The molecule has 3 aliphatic rings. The van der Waals surface area contributed by atoms with Crippen molar-refractivity contribution in [1.82, 2.24) is 10.6 Å². The van der Waals surface area contributed by atoms with Crippen molar-refractivity contribution in [3.05, 3.63) is 0 Å². The molecule has 2 saturated heterocycles. The standard InChI is InChI=1S/C15H24N2O3/c18-14(12-7-11-5-6-13(12)17-11)16-8-9-1-3-10(4-2-9)15(19)20/h9-13,17H,1-8H2,(H,16,18)(H,19,20). The molecule has 0 radical (unpaired) electrons. The van der Waals surface area contributed by atoms with Crippen LogP contribution in [-0.2, 0) is 9.59 Å². The normalized spacial score (nSPS) is 39.7. The van der Waals surface area contributed by atoms with Gasteiger partial charge in [-0.25, -0.2) is 0 Å². The second-order valence-electron chi connectivity index (χ2n) is 6.69. The van der Waals surface area contributed by atoms with Crippen molar-refractivity contribution in [2.75, 3.05) is 6.54 Å². The number of carbonyl (C=O) groups is 2. The molecule has 1 amide bonds. The Labute approximate surface area is 119 Å². The third-order valence-corrected chi connectivity index (χ3v) is 5.40. The van der Waals surface area contributed by atoms with Crippen LogP contribution in [0.2, 0.25) is 0 Å². The average molecular weight is 280 g/mol. The second-order valence-corrected chi connectivity index (χ2v) is 6.69. The fourth-order valence-electron chi connectivity index (χ4n) is 4.10. The number of aliphatic carboxylic acids is 1. The number of nitrogens with one attached hydrogen (secondary N) is 2. The first-order valence-corrected chi connectivity index (χ1v) is 7.90. The zero-order valence-corrected chi connectivity index (χ0v) is 11.8. The smallest absolute Gasteiger partial charge is 0.306 e. The Morgan fingerprint density at radius 1 is 1.10 bits per heavy atom. The minimum atomic E-state index is -0.666. The van der Waals surface area contributed by atoms with Gasteiger partial charge in [0.15, 0.2) is 0 Å². The largest absolute Gasteiger partial charge is 0.481 e. The molecule has 3 N–H and O–H groups in total. The van der Waals surface area contributed by atoms with E-state index in [2.05, 4.69) is 10.6 Å². The zero-order chi connectivity index (χ0) is 14.1. The van der Waals surface area contributed by atoms with Gasteiger partial charge in [-0.15, -0.1) is 0 Å². The average Bonchev–Trinajstić information content (AvgIpc) is 3.08. The summed E-state index contributed by atoms with van der Waals surface area (Å²) < 4.78 is 0. The highest BCUT2D eigenvalue weighted by Gasteiger charge is 2.42. The number of hydrogen-bond donors (Lipinski definition) is 3. The Bertz CT molecular complexity index is 391. The first kappa shape index (κ1) is 13.9. The molecule has 112 valence electrons. The van der Waals surface area contributed by atoms with E-state index in [0.29, 0.717) is 18.0 Å². The summed E-state index contributed by atoms with van der Waals surface area (Å²) in [5, 5.41) is 15.6. The lowest BCUT2D eigenvalue weighted by Crippen LogP contribution is -2.40. The molecule has 5 nitrogen and oxygen atoms in total. The number of rotatable bonds is 4. The minimum Gasteiger partial charge on any atom is -0.481 e. The van der Waals surface area contributed by atoms with Crippen molar-refractivity contribution in [3.63, 3.8) is 0 Å². The lowest BCUT2D eigenvalue weighted by atomic mass is 9.82. The molecule has 1 aliphatic carbocycles. The molecule has 0 spiro atoms. The fourth-order valence-corrected chi connectivity index (χ4v) is 4.10. The molecular weight excluding hydrogens is 256 g/mol. The maximum absolute atomic E-state index is 12.2. The molecule has 2 heterocycles. The highest BCUT2D eigenvalue weighted by Crippen LogP contribution is 2.33. The van der Waals surface area contributed by atoms with Crippen LogP contribution in [0.3, 0.4) is 0 Å². The van der Waals surface area contributed by atoms with Gasteiger partial charge >= 0.3 is 5.97 Å². The molecule has 0 aromatic carbocycles. The van der Waals surface area contributed by atoms with E-state index in [1.54, 1.807) is 0 Å². The van der Waals surface area contributed by atoms with Gasteiger partial charge in [-0.05, 0) is 50.9 Å². The first-order chi connectivity index (χ1) is 9.63. The summed E-state index contributed by atoms with van der Waals surface area (Å²) in [6, 6.07) is 0.949. The molecular formula is C15H24N2O3. The summed E-state index contributed by atoms with van der Waals surface area (Å²) in [5.74, 6) is -0.0208. The number of fused-ring (bicyclic) bond motifs is 2. The summed E-state index contributed by atoms with van der Waals surface area (Å²) in [4.78, 5) is 23.1. The van der Waals surface area contributed by atoms with E-state index in [1.807, 2.05) is 0 Å². The van der Waals surface area contributed by atoms with Gasteiger partial charge in [-0.2, -0.15) is 0 Å². The Morgan fingerprint density at radius 3 is 2.40 bits per heavy atom. The third-order valence-electron chi connectivity index (χ3n) is 5.40. The Kier molecular flexibility index (Phi) is 3.96. The van der Waals surface area contributed by atoms with Crippen LogP contribution >= 0.6 is 0 Å².